The van der Waals surface area contributed by atoms with Crippen molar-refractivity contribution in [2.45, 2.75) is 6.10 Å². The molecule has 3 rings (SSSR count). The minimum absolute atomic E-state index is 0.263. The number of aromatic nitrogens is 1. The minimum Gasteiger partial charge on any atom is -0.485 e. The molecule has 1 aromatic heterocycles. The first kappa shape index (κ1) is 13.7. The summed E-state index contributed by atoms with van der Waals surface area (Å²) >= 11 is 0. The van der Waals surface area contributed by atoms with Gasteiger partial charge in [0.15, 0.2) is 17.6 Å². The van der Waals surface area contributed by atoms with Crippen LogP contribution in [0.3, 0.4) is 0 Å². The van der Waals surface area contributed by atoms with Gasteiger partial charge in [0.1, 0.15) is 6.61 Å². The molecule has 0 spiro atoms. The van der Waals surface area contributed by atoms with Gasteiger partial charge in [-0.25, -0.2) is 4.98 Å². The number of rotatable bonds is 3. The zero-order chi connectivity index (χ0) is 14.8. The number of nitrogens with zero attached hydrogens (tertiary/aromatic N) is 1. The highest BCUT2D eigenvalue weighted by Gasteiger charge is 2.24. The van der Waals surface area contributed by atoms with Crippen LogP contribution >= 0.6 is 0 Å². The molecule has 1 aromatic carbocycles. The van der Waals surface area contributed by atoms with E-state index in [1.807, 2.05) is 6.07 Å². The lowest BCUT2D eigenvalue weighted by molar-refractivity contribution is 0.0911. The van der Waals surface area contributed by atoms with Gasteiger partial charge >= 0.3 is 7.12 Å². The maximum Gasteiger partial charge on any atom is 0.488 e. The highest BCUT2D eigenvalue weighted by molar-refractivity contribution is 6.58. The Balaban J connectivity index is 1.80. The summed E-state index contributed by atoms with van der Waals surface area (Å²) < 4.78 is 16.5. The second-order valence-electron chi connectivity index (χ2n) is 4.63. The average molecular weight is 287 g/mol. The third-order valence-corrected chi connectivity index (χ3v) is 3.27. The summed E-state index contributed by atoms with van der Waals surface area (Å²) in [5, 5.41) is 18.3. The molecule has 2 heterocycles. The van der Waals surface area contributed by atoms with Crippen LogP contribution in [0, 0.1) is 0 Å². The molecule has 21 heavy (non-hydrogen) atoms. The van der Waals surface area contributed by atoms with Crippen molar-refractivity contribution in [3.63, 3.8) is 0 Å². The molecule has 2 N–H and O–H groups in total. The molecule has 7 heteroatoms. The molecule has 0 radical (unpaired) electrons. The molecule has 0 saturated carbocycles. The Labute approximate surface area is 122 Å². The first-order valence-electron chi connectivity index (χ1n) is 6.47. The Hall–Kier alpha value is -2.25. The Kier molecular flexibility index (Phi) is 3.68. The van der Waals surface area contributed by atoms with Gasteiger partial charge in [0, 0.05) is 17.8 Å². The van der Waals surface area contributed by atoms with Crippen LogP contribution in [0.4, 0.5) is 0 Å². The molecular weight excluding hydrogens is 273 g/mol. The van der Waals surface area contributed by atoms with Crippen LogP contribution in [0.5, 0.6) is 17.4 Å². The van der Waals surface area contributed by atoms with E-state index in [1.54, 1.807) is 37.6 Å². The van der Waals surface area contributed by atoms with Crippen LogP contribution in [0.1, 0.15) is 11.7 Å². The molecule has 2 aromatic rings. The summed E-state index contributed by atoms with van der Waals surface area (Å²) in [6.45, 7) is 0.325. The predicted molar refractivity (Wildman–Crippen MR) is 75.9 cm³/mol. The number of hydrogen-bond acceptors (Lipinski definition) is 6. The van der Waals surface area contributed by atoms with E-state index < -0.39 is 7.12 Å². The van der Waals surface area contributed by atoms with Crippen LogP contribution in [-0.4, -0.2) is 35.9 Å². The molecule has 1 aliphatic rings. The van der Waals surface area contributed by atoms with E-state index in [9.17, 15) is 0 Å². The Morgan fingerprint density at radius 1 is 1.24 bits per heavy atom. The zero-order valence-electron chi connectivity index (χ0n) is 11.4. The van der Waals surface area contributed by atoms with Gasteiger partial charge < -0.3 is 24.3 Å². The van der Waals surface area contributed by atoms with Crippen LogP contribution in [0.25, 0.3) is 0 Å². The summed E-state index contributed by atoms with van der Waals surface area (Å²) in [6, 6.07) is 8.44. The first-order chi connectivity index (χ1) is 10.2. The number of ether oxygens (including phenoxy) is 3. The summed E-state index contributed by atoms with van der Waals surface area (Å²) in [6.07, 6.45) is 1.42. The number of methoxy groups -OCH3 is 1. The molecule has 0 amide bonds. The molecule has 0 aliphatic carbocycles. The largest absolute Gasteiger partial charge is 0.488 e. The van der Waals surface area contributed by atoms with Gasteiger partial charge in [0.05, 0.1) is 7.11 Å². The maximum absolute atomic E-state index is 9.14. The third kappa shape index (κ3) is 2.79. The predicted octanol–water partition coefficient (Wildman–Crippen LogP) is 0.282. The fraction of sp³-hybridized carbons (Fsp3) is 0.214. The van der Waals surface area contributed by atoms with Crippen molar-refractivity contribution in [2.24, 2.45) is 0 Å². The summed E-state index contributed by atoms with van der Waals surface area (Å²) in [5.41, 5.74) is 1.25. The fourth-order valence-electron chi connectivity index (χ4n) is 2.12. The van der Waals surface area contributed by atoms with E-state index >= 15 is 0 Å². The minimum atomic E-state index is -1.53. The number of pyridine rings is 1. The normalized spacial score (nSPS) is 16.4. The molecule has 1 atom stereocenters. The van der Waals surface area contributed by atoms with Crippen LogP contribution in [-0.2, 0) is 0 Å². The highest BCUT2D eigenvalue weighted by atomic mass is 16.6. The molecule has 0 saturated heterocycles. The average Bonchev–Trinajstić information content (AvgIpc) is 2.54. The topological polar surface area (TPSA) is 81.0 Å². The van der Waals surface area contributed by atoms with Crippen molar-refractivity contribution in [1.82, 2.24) is 4.98 Å². The van der Waals surface area contributed by atoms with Gasteiger partial charge in [-0.15, -0.1) is 0 Å². The van der Waals surface area contributed by atoms with Gasteiger partial charge in [-0.2, -0.15) is 0 Å². The molecule has 1 unspecified atom stereocenters. The summed E-state index contributed by atoms with van der Waals surface area (Å²) in [5.74, 6) is 1.60. The zero-order valence-corrected chi connectivity index (χ0v) is 11.4. The van der Waals surface area contributed by atoms with Crippen molar-refractivity contribution in [3.8, 4) is 17.4 Å². The summed E-state index contributed by atoms with van der Waals surface area (Å²) in [7, 11) is 0.0356. The summed E-state index contributed by atoms with van der Waals surface area (Å²) in [4.78, 5) is 4.14. The van der Waals surface area contributed by atoms with Crippen LogP contribution < -0.4 is 19.7 Å². The van der Waals surface area contributed by atoms with Crippen molar-refractivity contribution in [2.75, 3.05) is 13.7 Å². The fourth-order valence-corrected chi connectivity index (χ4v) is 2.12. The van der Waals surface area contributed by atoms with E-state index in [0.717, 1.165) is 5.56 Å². The van der Waals surface area contributed by atoms with Gasteiger partial charge in [-0.1, -0.05) is 6.07 Å². The van der Waals surface area contributed by atoms with Crippen LogP contribution in [0.2, 0.25) is 0 Å². The van der Waals surface area contributed by atoms with Crippen molar-refractivity contribution >= 4 is 12.6 Å². The Morgan fingerprint density at radius 2 is 2.10 bits per heavy atom. The SMILES string of the molecule is COc1ccc(C2COc3cc(B(O)O)ccc3O2)cn1. The number of hydrogen-bond donors (Lipinski definition) is 2. The van der Waals surface area contributed by atoms with Gasteiger partial charge in [0.2, 0.25) is 5.88 Å². The van der Waals surface area contributed by atoms with E-state index in [4.69, 9.17) is 24.3 Å². The second kappa shape index (κ2) is 5.63. The van der Waals surface area contributed by atoms with Crippen molar-refractivity contribution in [1.29, 1.82) is 0 Å². The monoisotopic (exact) mass is 287 g/mol. The first-order valence-corrected chi connectivity index (χ1v) is 6.47. The molecule has 0 fully saturated rings. The lowest BCUT2D eigenvalue weighted by Gasteiger charge is -2.27. The van der Waals surface area contributed by atoms with Gasteiger partial charge in [0.25, 0.3) is 0 Å². The Bertz CT molecular complexity index is 632. The number of fused-ring (bicyclic) bond motifs is 1. The lowest BCUT2D eigenvalue weighted by Crippen LogP contribution is -2.31. The van der Waals surface area contributed by atoms with Crippen LogP contribution in [0.15, 0.2) is 36.5 Å². The standard InChI is InChI=1S/C14H14BNO5/c1-19-14-5-2-9(7-16-14)13-8-20-12-6-10(15(17)18)3-4-11(12)21-13/h2-7,13,17-18H,8H2,1H3. The molecule has 6 nitrogen and oxygen atoms in total. The van der Waals surface area contributed by atoms with E-state index in [2.05, 4.69) is 4.98 Å². The second-order valence-corrected chi connectivity index (χ2v) is 4.63. The third-order valence-electron chi connectivity index (χ3n) is 3.27. The molecule has 1 aliphatic heterocycles. The Morgan fingerprint density at radius 3 is 2.76 bits per heavy atom. The van der Waals surface area contributed by atoms with Gasteiger partial charge in [-0.3, -0.25) is 0 Å². The smallest absolute Gasteiger partial charge is 0.485 e. The van der Waals surface area contributed by atoms with Crippen molar-refractivity contribution in [3.05, 3.63) is 42.1 Å². The molecule has 108 valence electrons. The lowest BCUT2D eigenvalue weighted by atomic mass is 9.80. The highest BCUT2D eigenvalue weighted by Crippen LogP contribution is 2.35. The van der Waals surface area contributed by atoms with E-state index in [1.165, 1.54) is 0 Å². The van der Waals surface area contributed by atoms with E-state index in [-0.39, 0.29) is 6.10 Å². The molecule has 0 bridgehead atoms. The molecular formula is C14H14BNO5. The quantitative estimate of drug-likeness (QED) is 0.789. The maximum atomic E-state index is 9.14. The van der Waals surface area contributed by atoms with E-state index in [0.29, 0.717) is 29.4 Å². The van der Waals surface area contributed by atoms with Crippen molar-refractivity contribution < 1.29 is 24.3 Å². The number of benzene rings is 1. The van der Waals surface area contributed by atoms with Gasteiger partial charge in [-0.05, 0) is 23.7 Å².